The van der Waals surface area contributed by atoms with Gasteiger partial charge in [0.15, 0.2) is 5.16 Å². The lowest BCUT2D eigenvalue weighted by Crippen LogP contribution is -2.33. The Labute approximate surface area is 160 Å². The first-order valence-corrected chi connectivity index (χ1v) is 10.5. The number of nitrogens with one attached hydrogen (secondary N) is 2. The molecule has 0 bridgehead atoms. The van der Waals surface area contributed by atoms with Crippen LogP contribution in [-0.2, 0) is 15.3 Å². The lowest BCUT2D eigenvalue weighted by molar-refractivity contribution is -0.119. The second-order valence-corrected chi connectivity index (χ2v) is 7.88. The molecule has 1 unspecified atom stereocenters. The van der Waals surface area contributed by atoms with E-state index in [1.54, 1.807) is 11.8 Å². The summed E-state index contributed by atoms with van der Waals surface area (Å²) in [6.45, 7) is 1.31. The first-order valence-electron chi connectivity index (χ1n) is 8.48. The number of aromatic amines is 1. The molecule has 0 saturated carbocycles. The molecule has 2 heterocycles. The van der Waals surface area contributed by atoms with E-state index in [0.29, 0.717) is 23.1 Å². The van der Waals surface area contributed by atoms with Gasteiger partial charge in [-0.3, -0.25) is 9.59 Å². The summed E-state index contributed by atoms with van der Waals surface area (Å²) in [5.74, 6) is 0.731. The molecule has 1 aromatic carbocycles. The highest BCUT2D eigenvalue weighted by atomic mass is 32.2. The molecular formula is C18H21N3O3S2. The number of H-pyrrole nitrogens is 1. The van der Waals surface area contributed by atoms with Gasteiger partial charge in [0.05, 0.1) is 17.6 Å². The first kappa shape index (κ1) is 19.0. The number of amides is 1. The largest absolute Gasteiger partial charge is 0.376 e. The third-order valence-corrected chi connectivity index (χ3v) is 5.71. The number of carbonyl (C=O) groups excluding carboxylic acids is 1. The smallest absolute Gasteiger partial charge is 0.251 e. The van der Waals surface area contributed by atoms with E-state index in [0.717, 1.165) is 24.3 Å². The van der Waals surface area contributed by atoms with E-state index in [9.17, 15) is 9.59 Å². The number of aromatic nitrogens is 2. The van der Waals surface area contributed by atoms with Gasteiger partial charge in [-0.15, -0.1) is 11.8 Å². The second kappa shape index (κ2) is 9.80. The fourth-order valence-electron chi connectivity index (χ4n) is 2.52. The minimum Gasteiger partial charge on any atom is -0.376 e. The van der Waals surface area contributed by atoms with Gasteiger partial charge >= 0.3 is 0 Å². The van der Waals surface area contributed by atoms with Gasteiger partial charge in [-0.2, -0.15) is 0 Å². The second-order valence-electron chi connectivity index (χ2n) is 5.87. The molecule has 1 amide bonds. The Morgan fingerprint density at radius 2 is 2.15 bits per heavy atom. The zero-order valence-corrected chi connectivity index (χ0v) is 15.9. The van der Waals surface area contributed by atoms with Crippen LogP contribution in [0.1, 0.15) is 18.5 Å². The number of carbonyl (C=O) groups is 1. The van der Waals surface area contributed by atoms with Crippen molar-refractivity contribution >= 4 is 29.4 Å². The number of rotatable bonds is 8. The highest BCUT2D eigenvalue weighted by Gasteiger charge is 2.16. The topological polar surface area (TPSA) is 84.1 Å². The molecule has 2 aromatic rings. The van der Waals surface area contributed by atoms with Gasteiger partial charge in [-0.1, -0.05) is 30.0 Å². The molecule has 26 heavy (non-hydrogen) atoms. The van der Waals surface area contributed by atoms with Crippen LogP contribution in [0.5, 0.6) is 0 Å². The van der Waals surface area contributed by atoms with Crippen LogP contribution < -0.4 is 10.9 Å². The third kappa shape index (κ3) is 6.19. The number of nitrogens with zero attached hydrogens (tertiary/aromatic N) is 1. The van der Waals surface area contributed by atoms with Crippen LogP contribution in [-0.4, -0.2) is 40.9 Å². The minimum absolute atomic E-state index is 0.0859. The van der Waals surface area contributed by atoms with Gasteiger partial charge in [-0.05, 0) is 25.0 Å². The van der Waals surface area contributed by atoms with Crippen molar-refractivity contribution in [2.24, 2.45) is 0 Å². The number of hydrogen-bond donors (Lipinski definition) is 2. The van der Waals surface area contributed by atoms with Crippen molar-refractivity contribution in [1.29, 1.82) is 0 Å². The Hall–Kier alpha value is -1.77. The summed E-state index contributed by atoms with van der Waals surface area (Å²) in [4.78, 5) is 32.0. The molecule has 1 atom stereocenters. The Morgan fingerprint density at radius 1 is 1.31 bits per heavy atom. The minimum atomic E-state index is -0.203. The average molecular weight is 392 g/mol. The molecule has 0 spiro atoms. The lowest BCUT2D eigenvalue weighted by Gasteiger charge is -2.10. The highest BCUT2D eigenvalue weighted by molar-refractivity contribution is 7.99. The molecule has 1 aliphatic heterocycles. The fourth-order valence-corrected chi connectivity index (χ4v) is 4.05. The van der Waals surface area contributed by atoms with Crippen LogP contribution in [0.3, 0.4) is 0 Å². The van der Waals surface area contributed by atoms with E-state index in [4.69, 9.17) is 4.74 Å². The number of ether oxygens (including phenoxy) is 1. The monoisotopic (exact) mass is 391 g/mol. The van der Waals surface area contributed by atoms with Gasteiger partial charge in [0.1, 0.15) is 0 Å². The van der Waals surface area contributed by atoms with E-state index in [2.05, 4.69) is 15.3 Å². The van der Waals surface area contributed by atoms with Crippen LogP contribution in [0.4, 0.5) is 0 Å². The zero-order valence-electron chi connectivity index (χ0n) is 14.3. The van der Waals surface area contributed by atoms with Gasteiger partial charge in [-0.25, -0.2) is 4.98 Å². The van der Waals surface area contributed by atoms with Gasteiger partial charge in [0, 0.05) is 29.9 Å². The fraction of sp³-hybridized carbons (Fsp3) is 0.389. The highest BCUT2D eigenvalue weighted by Crippen LogP contribution is 2.21. The third-order valence-electron chi connectivity index (χ3n) is 3.79. The van der Waals surface area contributed by atoms with Crippen LogP contribution in [0.2, 0.25) is 0 Å². The Kier molecular flexibility index (Phi) is 7.16. The molecule has 1 aromatic heterocycles. The maximum absolute atomic E-state index is 11.9. The summed E-state index contributed by atoms with van der Waals surface area (Å²) >= 11 is 2.85. The predicted molar refractivity (Wildman–Crippen MR) is 104 cm³/mol. The molecule has 1 aliphatic rings. The normalized spacial score (nSPS) is 16.5. The first-order chi connectivity index (χ1) is 12.7. The van der Waals surface area contributed by atoms with E-state index in [1.165, 1.54) is 17.8 Å². The van der Waals surface area contributed by atoms with Gasteiger partial charge in [0.25, 0.3) is 5.56 Å². The molecule has 6 nitrogen and oxygen atoms in total. The molecule has 0 aliphatic carbocycles. The van der Waals surface area contributed by atoms with Gasteiger partial charge in [0.2, 0.25) is 5.91 Å². The predicted octanol–water partition coefficient (Wildman–Crippen LogP) is 2.45. The molecule has 1 saturated heterocycles. The SMILES string of the molecule is O=C(CSc1nc(CSc2ccccc2)cc(=O)[nH]1)NCC1CCCO1. The number of benzene rings is 1. The Bertz CT molecular complexity index is 777. The van der Waals surface area contributed by atoms with Crippen molar-refractivity contribution in [3.05, 3.63) is 52.4 Å². The Balaban J connectivity index is 1.48. The zero-order chi connectivity index (χ0) is 18.2. The summed E-state index contributed by atoms with van der Waals surface area (Å²) < 4.78 is 5.48. The van der Waals surface area contributed by atoms with Crippen LogP contribution in [0, 0.1) is 0 Å². The van der Waals surface area contributed by atoms with E-state index < -0.39 is 0 Å². The van der Waals surface area contributed by atoms with E-state index in [1.807, 2.05) is 30.3 Å². The lowest BCUT2D eigenvalue weighted by atomic mass is 10.2. The number of thioether (sulfide) groups is 2. The Morgan fingerprint density at radius 3 is 2.92 bits per heavy atom. The summed E-state index contributed by atoms with van der Waals surface area (Å²) in [5.41, 5.74) is 0.496. The molecule has 138 valence electrons. The number of hydrogen-bond acceptors (Lipinski definition) is 6. The van der Waals surface area contributed by atoms with Crippen LogP contribution in [0.15, 0.2) is 51.2 Å². The molecule has 2 N–H and O–H groups in total. The summed E-state index contributed by atoms with van der Waals surface area (Å²) in [6.07, 6.45) is 2.16. The van der Waals surface area contributed by atoms with Crippen LogP contribution >= 0.6 is 23.5 Å². The summed E-state index contributed by atoms with van der Waals surface area (Å²) in [5, 5.41) is 3.33. The van der Waals surface area contributed by atoms with E-state index >= 15 is 0 Å². The average Bonchev–Trinajstić information content (AvgIpc) is 3.17. The van der Waals surface area contributed by atoms with Gasteiger partial charge < -0.3 is 15.0 Å². The van der Waals surface area contributed by atoms with E-state index in [-0.39, 0.29) is 23.3 Å². The van der Waals surface area contributed by atoms with Crippen molar-refractivity contribution in [3.63, 3.8) is 0 Å². The quantitative estimate of drug-likeness (QED) is 0.531. The van der Waals surface area contributed by atoms with Crippen molar-refractivity contribution < 1.29 is 9.53 Å². The van der Waals surface area contributed by atoms with Crippen molar-refractivity contribution in [2.75, 3.05) is 18.9 Å². The van der Waals surface area contributed by atoms with Crippen LogP contribution in [0.25, 0.3) is 0 Å². The molecule has 3 rings (SSSR count). The molecule has 1 fully saturated rings. The van der Waals surface area contributed by atoms with Crippen molar-refractivity contribution in [3.8, 4) is 0 Å². The summed E-state index contributed by atoms with van der Waals surface area (Å²) in [6, 6.07) is 11.5. The maximum atomic E-state index is 11.9. The standard InChI is InChI=1S/C18H21N3O3S2/c22-16-9-13(11-25-15-6-2-1-3-7-15)20-18(21-16)26-12-17(23)19-10-14-5-4-8-24-14/h1-3,6-7,9,14H,4-5,8,10-12H2,(H,19,23)(H,20,21,22). The van der Waals surface area contributed by atoms with Crippen molar-refractivity contribution in [1.82, 2.24) is 15.3 Å². The molecule has 8 heteroatoms. The van der Waals surface area contributed by atoms with Crippen molar-refractivity contribution in [2.45, 2.75) is 34.8 Å². The maximum Gasteiger partial charge on any atom is 0.251 e. The summed E-state index contributed by atoms with van der Waals surface area (Å²) in [7, 11) is 0. The molecule has 0 radical (unpaired) electrons. The molecular weight excluding hydrogens is 370 g/mol.